The maximum atomic E-state index is 12.7. The molecule has 154 valence electrons. The van der Waals surface area contributed by atoms with E-state index in [4.69, 9.17) is 0 Å². The van der Waals surface area contributed by atoms with Crippen LogP contribution in [-0.2, 0) is 11.3 Å². The summed E-state index contributed by atoms with van der Waals surface area (Å²) < 4.78 is 0. The molecule has 27 heavy (non-hydrogen) atoms. The lowest BCUT2D eigenvalue weighted by molar-refractivity contribution is -0.135. The lowest BCUT2D eigenvalue weighted by Crippen LogP contribution is -2.36. The van der Waals surface area contributed by atoms with Gasteiger partial charge in [-0.3, -0.25) is 9.89 Å². The van der Waals surface area contributed by atoms with Crippen LogP contribution in [0.1, 0.15) is 63.1 Å². The standard InChI is InChI=1S/C21H39N5O/c1-16(2)10-12-26(5)21(27)18-8-6-17(7-9-18)20-19(14-23-24-20)15-25(4)13-11-22-3/h14,16-18,22H,6-13,15H2,1-5H3,(H,23,24). The number of hydrogen-bond acceptors (Lipinski definition) is 4. The van der Waals surface area contributed by atoms with Crippen LogP contribution in [0.5, 0.6) is 0 Å². The first-order valence-corrected chi connectivity index (χ1v) is 10.5. The fourth-order valence-electron chi connectivity index (χ4n) is 3.98. The number of amides is 1. The highest BCUT2D eigenvalue weighted by Gasteiger charge is 2.30. The fourth-order valence-corrected chi connectivity index (χ4v) is 3.98. The molecule has 1 aromatic rings. The highest BCUT2D eigenvalue weighted by atomic mass is 16.2. The second-order valence-corrected chi connectivity index (χ2v) is 8.64. The smallest absolute Gasteiger partial charge is 0.225 e. The van der Waals surface area contributed by atoms with Gasteiger partial charge in [-0.15, -0.1) is 0 Å². The number of nitrogens with one attached hydrogen (secondary N) is 2. The highest BCUT2D eigenvalue weighted by Crippen LogP contribution is 2.37. The number of carbonyl (C=O) groups excluding carboxylic acids is 1. The van der Waals surface area contributed by atoms with E-state index >= 15 is 0 Å². The molecule has 6 nitrogen and oxygen atoms in total. The van der Waals surface area contributed by atoms with Gasteiger partial charge < -0.3 is 15.1 Å². The molecule has 0 aromatic carbocycles. The number of carbonyl (C=O) groups is 1. The minimum atomic E-state index is 0.197. The van der Waals surface area contributed by atoms with Crippen LogP contribution in [0, 0.1) is 11.8 Å². The summed E-state index contributed by atoms with van der Waals surface area (Å²) in [4.78, 5) is 17.0. The van der Waals surface area contributed by atoms with Crippen LogP contribution < -0.4 is 5.32 Å². The quantitative estimate of drug-likeness (QED) is 0.658. The van der Waals surface area contributed by atoms with Crippen molar-refractivity contribution in [3.63, 3.8) is 0 Å². The van der Waals surface area contributed by atoms with E-state index < -0.39 is 0 Å². The van der Waals surface area contributed by atoms with Gasteiger partial charge in [0.1, 0.15) is 0 Å². The second-order valence-electron chi connectivity index (χ2n) is 8.64. The summed E-state index contributed by atoms with van der Waals surface area (Å²) in [5.41, 5.74) is 2.59. The minimum Gasteiger partial charge on any atom is -0.346 e. The fraction of sp³-hybridized carbons (Fsp3) is 0.810. The molecular weight excluding hydrogens is 338 g/mol. The van der Waals surface area contributed by atoms with Gasteiger partial charge in [0.25, 0.3) is 0 Å². The lowest BCUT2D eigenvalue weighted by atomic mass is 9.79. The molecule has 0 spiro atoms. The Bertz CT molecular complexity index is 563. The van der Waals surface area contributed by atoms with Crippen molar-refractivity contribution in [1.82, 2.24) is 25.3 Å². The largest absolute Gasteiger partial charge is 0.346 e. The average Bonchev–Trinajstić information content (AvgIpc) is 3.11. The van der Waals surface area contributed by atoms with E-state index in [-0.39, 0.29) is 5.92 Å². The van der Waals surface area contributed by atoms with Gasteiger partial charge in [0.2, 0.25) is 5.91 Å². The first-order chi connectivity index (χ1) is 12.9. The number of rotatable bonds is 10. The molecule has 2 N–H and O–H groups in total. The molecule has 1 aromatic heterocycles. The van der Waals surface area contributed by atoms with E-state index in [1.807, 2.05) is 25.2 Å². The van der Waals surface area contributed by atoms with Crippen LogP contribution in [0.25, 0.3) is 0 Å². The van der Waals surface area contributed by atoms with Gasteiger partial charge in [0.15, 0.2) is 0 Å². The molecule has 1 heterocycles. The molecule has 1 aliphatic rings. The number of H-pyrrole nitrogens is 1. The van der Waals surface area contributed by atoms with Crippen molar-refractivity contribution in [3.05, 3.63) is 17.5 Å². The van der Waals surface area contributed by atoms with E-state index in [1.165, 1.54) is 11.3 Å². The maximum absolute atomic E-state index is 12.7. The third-order valence-corrected chi connectivity index (χ3v) is 5.84. The van der Waals surface area contributed by atoms with Crippen LogP contribution >= 0.6 is 0 Å². The van der Waals surface area contributed by atoms with Crippen molar-refractivity contribution in [2.75, 3.05) is 40.8 Å². The van der Waals surface area contributed by atoms with Gasteiger partial charge in [-0.25, -0.2) is 0 Å². The van der Waals surface area contributed by atoms with Crippen molar-refractivity contribution in [3.8, 4) is 0 Å². The molecule has 1 fully saturated rings. The summed E-state index contributed by atoms with van der Waals surface area (Å²) in [5, 5.41) is 10.8. The Balaban J connectivity index is 1.85. The Kier molecular flexibility index (Phi) is 8.77. The monoisotopic (exact) mass is 377 g/mol. The Labute approximate surface area is 165 Å². The first kappa shape index (κ1) is 21.9. The van der Waals surface area contributed by atoms with Crippen molar-refractivity contribution in [2.45, 2.75) is 58.4 Å². The molecule has 2 rings (SSSR count). The van der Waals surface area contributed by atoms with E-state index in [1.54, 1.807) is 0 Å². The van der Waals surface area contributed by atoms with Gasteiger partial charge in [-0.1, -0.05) is 13.8 Å². The normalized spacial score (nSPS) is 20.4. The van der Waals surface area contributed by atoms with Crippen molar-refractivity contribution >= 4 is 5.91 Å². The molecule has 0 aliphatic heterocycles. The van der Waals surface area contributed by atoms with Crippen molar-refractivity contribution < 1.29 is 4.79 Å². The Morgan fingerprint density at radius 3 is 2.59 bits per heavy atom. The number of likely N-dealkylation sites (N-methyl/N-ethyl adjacent to an activating group) is 2. The number of hydrogen-bond donors (Lipinski definition) is 2. The van der Waals surface area contributed by atoms with Crippen LogP contribution in [-0.4, -0.2) is 66.7 Å². The summed E-state index contributed by atoms with van der Waals surface area (Å²) in [6, 6.07) is 0. The number of aromatic amines is 1. The number of nitrogens with zero attached hydrogens (tertiary/aromatic N) is 3. The predicted octanol–water partition coefficient (Wildman–Crippen LogP) is 2.84. The summed E-state index contributed by atoms with van der Waals surface area (Å²) in [6.45, 7) is 8.22. The average molecular weight is 378 g/mol. The van der Waals surface area contributed by atoms with Gasteiger partial charge in [0.05, 0.1) is 6.20 Å². The van der Waals surface area contributed by atoms with Gasteiger partial charge in [-0.05, 0) is 52.1 Å². The number of aromatic nitrogens is 2. The van der Waals surface area contributed by atoms with Crippen molar-refractivity contribution in [1.29, 1.82) is 0 Å². The second kappa shape index (κ2) is 10.8. The third kappa shape index (κ3) is 6.61. The maximum Gasteiger partial charge on any atom is 0.225 e. The topological polar surface area (TPSA) is 64.3 Å². The Morgan fingerprint density at radius 1 is 1.26 bits per heavy atom. The van der Waals surface area contributed by atoms with E-state index in [2.05, 4.69) is 41.3 Å². The zero-order valence-electron chi connectivity index (χ0n) is 17.9. The summed E-state index contributed by atoms with van der Waals surface area (Å²) >= 11 is 0. The first-order valence-electron chi connectivity index (χ1n) is 10.5. The van der Waals surface area contributed by atoms with Crippen LogP contribution in [0.15, 0.2) is 6.20 Å². The molecule has 0 unspecified atom stereocenters. The van der Waals surface area contributed by atoms with Gasteiger partial charge >= 0.3 is 0 Å². The lowest BCUT2D eigenvalue weighted by Gasteiger charge is -2.31. The van der Waals surface area contributed by atoms with Crippen LogP contribution in [0.4, 0.5) is 0 Å². The SMILES string of the molecule is CNCCN(C)Cc1cn[nH]c1C1CCC(C(=O)N(C)CCC(C)C)CC1. The summed E-state index contributed by atoms with van der Waals surface area (Å²) in [6.07, 6.45) is 7.18. The molecule has 1 aliphatic carbocycles. The Hall–Kier alpha value is -1.40. The van der Waals surface area contributed by atoms with E-state index in [0.717, 1.165) is 58.3 Å². The Morgan fingerprint density at radius 2 is 1.96 bits per heavy atom. The zero-order chi connectivity index (χ0) is 19.8. The van der Waals surface area contributed by atoms with Crippen LogP contribution in [0.2, 0.25) is 0 Å². The minimum absolute atomic E-state index is 0.197. The van der Waals surface area contributed by atoms with Gasteiger partial charge in [-0.2, -0.15) is 5.10 Å². The van der Waals surface area contributed by atoms with E-state index in [0.29, 0.717) is 17.7 Å². The van der Waals surface area contributed by atoms with Crippen molar-refractivity contribution in [2.24, 2.45) is 11.8 Å². The molecular formula is C21H39N5O. The molecule has 0 atom stereocenters. The van der Waals surface area contributed by atoms with Crippen LogP contribution in [0.3, 0.4) is 0 Å². The highest BCUT2D eigenvalue weighted by molar-refractivity contribution is 5.78. The molecule has 1 amide bonds. The molecule has 0 radical (unpaired) electrons. The third-order valence-electron chi connectivity index (χ3n) is 5.84. The van der Waals surface area contributed by atoms with Gasteiger partial charge in [0, 0.05) is 56.3 Å². The molecule has 1 saturated carbocycles. The van der Waals surface area contributed by atoms with E-state index in [9.17, 15) is 4.79 Å². The predicted molar refractivity (Wildman–Crippen MR) is 111 cm³/mol. The zero-order valence-corrected chi connectivity index (χ0v) is 17.9. The molecule has 6 heteroatoms. The molecule has 0 bridgehead atoms. The molecule has 0 saturated heterocycles. The summed E-state index contributed by atoms with van der Waals surface area (Å²) in [5.74, 6) is 1.68. The summed E-state index contributed by atoms with van der Waals surface area (Å²) in [7, 11) is 6.10.